The Labute approximate surface area is 206 Å². The predicted octanol–water partition coefficient (Wildman–Crippen LogP) is 2.79. The number of carbonyl (C=O) groups excluding carboxylic acids is 2. The van der Waals surface area contributed by atoms with Gasteiger partial charge in [-0.25, -0.2) is 17.6 Å². The number of nitrogens with zero attached hydrogens (tertiary/aromatic N) is 5. The van der Waals surface area contributed by atoms with E-state index in [1.54, 1.807) is 0 Å². The largest absolute Gasteiger partial charge is 0.451 e. The Morgan fingerprint density at radius 1 is 1.08 bits per heavy atom. The monoisotopic (exact) mass is 538 g/mol. The van der Waals surface area contributed by atoms with Gasteiger partial charge in [0.1, 0.15) is 11.9 Å². The summed E-state index contributed by atoms with van der Waals surface area (Å²) in [6.45, 7) is -0.0537. The Morgan fingerprint density at radius 2 is 1.81 bits per heavy atom. The highest BCUT2D eigenvalue weighted by Gasteiger charge is 2.40. The first-order chi connectivity index (χ1) is 16.9. The Morgan fingerprint density at radius 3 is 2.47 bits per heavy atom. The molecule has 4 rings (SSSR count). The molecule has 2 aromatic rings. The number of halogens is 7. The first kappa shape index (κ1) is 26.2. The molecule has 8 nitrogen and oxygen atoms in total. The van der Waals surface area contributed by atoms with Crippen LogP contribution in [0, 0.1) is 17.5 Å². The molecule has 1 fully saturated rings. The van der Waals surface area contributed by atoms with Crippen molar-refractivity contribution < 1.29 is 35.9 Å². The van der Waals surface area contributed by atoms with E-state index in [-0.39, 0.29) is 43.9 Å². The molecule has 196 valence electrons. The van der Waals surface area contributed by atoms with Crippen molar-refractivity contribution in [1.82, 2.24) is 29.4 Å². The van der Waals surface area contributed by atoms with Crippen molar-refractivity contribution in [2.24, 2.45) is 0 Å². The summed E-state index contributed by atoms with van der Waals surface area (Å²) < 4.78 is 82.8. The van der Waals surface area contributed by atoms with Crippen molar-refractivity contribution in [2.45, 2.75) is 57.0 Å². The molecule has 2 amide bonds. The molecule has 3 heterocycles. The molecular weight excluding hydrogens is 518 g/mol. The number of alkyl halides is 3. The highest BCUT2D eigenvalue weighted by molar-refractivity contribution is 6.15. The highest BCUT2D eigenvalue weighted by atomic mass is 35.5. The minimum atomic E-state index is -4.70. The number of hydrogen-bond donors (Lipinski definition) is 1. The molecule has 2 aliphatic heterocycles. The minimum Gasteiger partial charge on any atom is -0.351 e. The SMILES string of the molecule is O=C(NC(CC(=O)N1CCn2c(nnc2C(F)(F)F)C1)Cc1cc(F)c(F)cc1F)C1CCCN1Cl. The quantitative estimate of drug-likeness (QED) is 0.347. The number of nitrogens with one attached hydrogen (secondary N) is 1. The molecule has 15 heteroatoms. The molecule has 36 heavy (non-hydrogen) atoms. The van der Waals surface area contributed by atoms with Gasteiger partial charge in [0.2, 0.25) is 17.6 Å². The maximum atomic E-state index is 14.3. The van der Waals surface area contributed by atoms with Crippen LogP contribution in [0.15, 0.2) is 12.1 Å². The van der Waals surface area contributed by atoms with Gasteiger partial charge in [0.05, 0.1) is 6.54 Å². The second kappa shape index (κ2) is 10.2. The van der Waals surface area contributed by atoms with Gasteiger partial charge in [0.25, 0.3) is 0 Å². The second-order valence-electron chi connectivity index (χ2n) is 8.66. The fourth-order valence-electron chi connectivity index (χ4n) is 4.37. The van der Waals surface area contributed by atoms with Crippen LogP contribution < -0.4 is 5.32 Å². The summed E-state index contributed by atoms with van der Waals surface area (Å²) in [6, 6.07) is -0.688. The number of fused-ring (bicyclic) bond motifs is 1. The highest BCUT2D eigenvalue weighted by Crippen LogP contribution is 2.29. The molecule has 2 aliphatic rings. The van der Waals surface area contributed by atoms with E-state index < -0.39 is 53.4 Å². The number of carbonyl (C=O) groups is 2. The molecule has 0 bridgehead atoms. The van der Waals surface area contributed by atoms with Crippen LogP contribution in [0.25, 0.3) is 0 Å². The van der Waals surface area contributed by atoms with Gasteiger partial charge in [-0.05, 0) is 42.7 Å². The van der Waals surface area contributed by atoms with Crippen LogP contribution in [-0.4, -0.2) is 61.1 Å². The van der Waals surface area contributed by atoms with Gasteiger partial charge in [-0.3, -0.25) is 9.59 Å². The Bertz CT molecular complexity index is 1160. The standard InChI is InChI=1S/C21H21ClF6N6O2/c22-34-3-1-2-16(34)19(36)29-12(6-11-7-14(24)15(25)9-13(11)23)8-18(35)32-4-5-33-17(10-32)30-31-20(33)21(26,27)28/h7,9,12,16H,1-6,8,10H2,(H,29,36). The van der Waals surface area contributed by atoms with E-state index in [1.807, 2.05) is 0 Å². The fraction of sp³-hybridized carbons (Fsp3) is 0.524. The number of amides is 2. The van der Waals surface area contributed by atoms with E-state index in [0.29, 0.717) is 31.5 Å². The third kappa shape index (κ3) is 5.59. The zero-order valence-electron chi connectivity index (χ0n) is 18.7. The number of aromatic nitrogens is 3. The minimum absolute atomic E-state index is 0.0575. The van der Waals surface area contributed by atoms with Gasteiger partial charge in [-0.1, -0.05) is 0 Å². The fourth-order valence-corrected chi connectivity index (χ4v) is 4.67. The molecular formula is C21H21ClF6N6O2. The summed E-state index contributed by atoms with van der Waals surface area (Å²) in [5.41, 5.74) is -0.255. The number of benzene rings is 1. The summed E-state index contributed by atoms with van der Waals surface area (Å²) in [5.74, 6) is -6.01. The number of hydrogen-bond acceptors (Lipinski definition) is 5. The summed E-state index contributed by atoms with van der Waals surface area (Å²) in [5, 5.41) is 9.32. The average Bonchev–Trinajstić information content (AvgIpc) is 3.42. The van der Waals surface area contributed by atoms with Gasteiger partial charge in [-0.15, -0.1) is 10.2 Å². The molecule has 0 saturated carbocycles. The van der Waals surface area contributed by atoms with Crippen molar-refractivity contribution in [3.05, 3.63) is 46.8 Å². The van der Waals surface area contributed by atoms with Gasteiger partial charge >= 0.3 is 6.18 Å². The summed E-state index contributed by atoms with van der Waals surface area (Å²) in [7, 11) is 0. The Hall–Kier alpha value is -2.87. The third-order valence-corrected chi connectivity index (χ3v) is 6.58. The van der Waals surface area contributed by atoms with Crippen LogP contribution in [0.5, 0.6) is 0 Å². The van der Waals surface area contributed by atoms with E-state index >= 15 is 0 Å². The molecule has 1 aromatic carbocycles. The summed E-state index contributed by atoms with van der Waals surface area (Å²) >= 11 is 6.04. The molecule has 2 atom stereocenters. The molecule has 1 aromatic heterocycles. The molecule has 0 radical (unpaired) electrons. The Kier molecular flexibility index (Phi) is 7.46. The van der Waals surface area contributed by atoms with Crippen LogP contribution in [-0.2, 0) is 35.3 Å². The predicted molar refractivity (Wildman–Crippen MR) is 113 cm³/mol. The lowest BCUT2D eigenvalue weighted by Gasteiger charge is -2.30. The zero-order valence-corrected chi connectivity index (χ0v) is 19.4. The summed E-state index contributed by atoms with van der Waals surface area (Å²) in [6.07, 6.45) is -4.29. The van der Waals surface area contributed by atoms with Crippen LogP contribution in [0.3, 0.4) is 0 Å². The number of rotatable bonds is 6. The lowest BCUT2D eigenvalue weighted by Crippen LogP contribution is -2.48. The van der Waals surface area contributed by atoms with Crippen molar-refractivity contribution >= 4 is 23.6 Å². The first-order valence-corrected chi connectivity index (χ1v) is 11.4. The van der Waals surface area contributed by atoms with Crippen LogP contribution in [0.1, 0.15) is 36.5 Å². The molecule has 1 saturated heterocycles. The smallest absolute Gasteiger partial charge is 0.351 e. The van der Waals surface area contributed by atoms with E-state index in [0.717, 1.165) is 4.57 Å². The first-order valence-electron chi connectivity index (χ1n) is 11.1. The lowest BCUT2D eigenvalue weighted by atomic mass is 10.0. The van der Waals surface area contributed by atoms with Crippen LogP contribution in [0.2, 0.25) is 0 Å². The van der Waals surface area contributed by atoms with E-state index in [1.165, 1.54) is 9.32 Å². The van der Waals surface area contributed by atoms with E-state index in [9.17, 15) is 35.9 Å². The van der Waals surface area contributed by atoms with Crippen molar-refractivity contribution in [3.8, 4) is 0 Å². The van der Waals surface area contributed by atoms with Crippen molar-refractivity contribution in [3.63, 3.8) is 0 Å². The van der Waals surface area contributed by atoms with E-state index in [4.69, 9.17) is 11.8 Å². The molecule has 0 aliphatic carbocycles. The van der Waals surface area contributed by atoms with Crippen molar-refractivity contribution in [2.75, 3.05) is 13.1 Å². The molecule has 1 N–H and O–H groups in total. The topological polar surface area (TPSA) is 83.4 Å². The van der Waals surface area contributed by atoms with E-state index in [2.05, 4.69) is 15.5 Å². The van der Waals surface area contributed by atoms with Gasteiger partial charge in [-0.2, -0.15) is 13.2 Å². The average molecular weight is 539 g/mol. The summed E-state index contributed by atoms with van der Waals surface area (Å²) in [4.78, 5) is 27.0. The second-order valence-corrected chi connectivity index (χ2v) is 9.09. The van der Waals surface area contributed by atoms with Crippen LogP contribution in [0.4, 0.5) is 26.3 Å². The van der Waals surface area contributed by atoms with Crippen molar-refractivity contribution in [1.29, 1.82) is 0 Å². The normalized spacial score (nSPS) is 19.3. The molecule has 2 unspecified atom stereocenters. The van der Waals surface area contributed by atoms with Gasteiger partial charge in [0.15, 0.2) is 17.5 Å². The lowest BCUT2D eigenvalue weighted by molar-refractivity contribution is -0.148. The molecule has 0 spiro atoms. The van der Waals surface area contributed by atoms with Gasteiger partial charge in [0, 0.05) is 38.2 Å². The van der Waals surface area contributed by atoms with Gasteiger partial charge < -0.3 is 14.8 Å². The third-order valence-electron chi connectivity index (χ3n) is 6.17. The van der Waals surface area contributed by atoms with Crippen LogP contribution >= 0.6 is 11.8 Å². The zero-order chi connectivity index (χ0) is 26.2. The maximum absolute atomic E-state index is 14.3. The maximum Gasteiger partial charge on any atom is 0.451 e. The Balaban J connectivity index is 1.50.